The van der Waals surface area contributed by atoms with Crippen molar-refractivity contribution in [3.8, 4) is 5.75 Å². The number of ether oxygens (including phenoxy) is 1. The molecule has 0 radical (unpaired) electrons. The van der Waals surface area contributed by atoms with Gasteiger partial charge in [0.15, 0.2) is 0 Å². The molecule has 1 aromatic heterocycles. The second-order valence-electron chi connectivity index (χ2n) is 3.42. The van der Waals surface area contributed by atoms with E-state index in [4.69, 9.17) is 27.9 Å². The van der Waals surface area contributed by atoms with Crippen LogP contribution in [0, 0.1) is 0 Å². The first-order valence-corrected chi connectivity index (χ1v) is 5.74. The zero-order valence-electron chi connectivity index (χ0n) is 9.05. The molecule has 0 aliphatic heterocycles. The molecule has 0 saturated heterocycles. The number of benzene rings is 1. The summed E-state index contributed by atoms with van der Waals surface area (Å²) in [5.41, 5.74) is 1.65. The molecule has 1 heterocycles. The van der Waals surface area contributed by atoms with Crippen molar-refractivity contribution in [3.05, 3.63) is 33.9 Å². The highest BCUT2D eigenvalue weighted by molar-refractivity contribution is 6.42. The van der Waals surface area contributed by atoms with E-state index in [1.54, 1.807) is 19.2 Å². The molecule has 0 atom stereocenters. The molecule has 4 heteroatoms. The quantitative estimate of drug-likeness (QED) is 0.806. The SMILES string of the molecule is CCc1cc(Cl)c2c(Cl)ccc(OC)c2n1. The number of rotatable bonds is 2. The average Bonchev–Trinajstić information content (AvgIpc) is 2.28. The smallest absolute Gasteiger partial charge is 0.145 e. The van der Waals surface area contributed by atoms with Crippen LogP contribution in [-0.2, 0) is 6.42 Å². The lowest BCUT2D eigenvalue weighted by molar-refractivity contribution is 0.419. The standard InChI is InChI=1S/C12H11Cl2NO/c1-3-7-6-9(14)11-8(13)4-5-10(16-2)12(11)15-7/h4-6H,3H2,1-2H3. The zero-order chi connectivity index (χ0) is 11.7. The predicted molar refractivity (Wildman–Crippen MR) is 67.7 cm³/mol. The number of nitrogens with zero attached hydrogens (tertiary/aromatic N) is 1. The monoisotopic (exact) mass is 255 g/mol. The summed E-state index contributed by atoms with van der Waals surface area (Å²) in [6.07, 6.45) is 0.825. The van der Waals surface area contributed by atoms with Gasteiger partial charge in [-0.1, -0.05) is 30.1 Å². The van der Waals surface area contributed by atoms with Crippen LogP contribution in [0.1, 0.15) is 12.6 Å². The van der Waals surface area contributed by atoms with E-state index in [0.717, 1.165) is 23.0 Å². The number of aromatic nitrogens is 1. The lowest BCUT2D eigenvalue weighted by atomic mass is 10.1. The Bertz CT molecular complexity index is 540. The maximum atomic E-state index is 6.20. The summed E-state index contributed by atoms with van der Waals surface area (Å²) in [5, 5.41) is 1.96. The Hall–Kier alpha value is -0.990. The van der Waals surface area contributed by atoms with E-state index in [1.807, 2.05) is 13.0 Å². The molecule has 0 bridgehead atoms. The van der Waals surface area contributed by atoms with Gasteiger partial charge >= 0.3 is 0 Å². The van der Waals surface area contributed by atoms with Gasteiger partial charge in [0.2, 0.25) is 0 Å². The summed E-state index contributed by atoms with van der Waals surface area (Å²) in [4.78, 5) is 4.49. The van der Waals surface area contributed by atoms with E-state index in [9.17, 15) is 0 Å². The topological polar surface area (TPSA) is 22.1 Å². The minimum Gasteiger partial charge on any atom is -0.494 e. The van der Waals surface area contributed by atoms with Crippen LogP contribution in [0.2, 0.25) is 10.0 Å². The first-order chi connectivity index (χ1) is 7.67. The van der Waals surface area contributed by atoms with Crippen LogP contribution >= 0.6 is 23.2 Å². The lowest BCUT2D eigenvalue weighted by Crippen LogP contribution is -1.93. The van der Waals surface area contributed by atoms with Gasteiger partial charge in [-0.3, -0.25) is 0 Å². The van der Waals surface area contributed by atoms with Gasteiger partial charge in [0.05, 0.1) is 17.2 Å². The second kappa shape index (κ2) is 4.48. The first-order valence-electron chi connectivity index (χ1n) is 4.99. The van der Waals surface area contributed by atoms with Crippen molar-refractivity contribution >= 4 is 34.1 Å². The Morgan fingerprint density at radius 2 is 2.00 bits per heavy atom. The van der Waals surface area contributed by atoms with E-state index in [0.29, 0.717) is 15.8 Å². The van der Waals surface area contributed by atoms with Gasteiger partial charge in [0.25, 0.3) is 0 Å². The Morgan fingerprint density at radius 3 is 2.62 bits per heavy atom. The average molecular weight is 256 g/mol. The van der Waals surface area contributed by atoms with Gasteiger partial charge in [-0.15, -0.1) is 0 Å². The molecule has 2 nitrogen and oxygen atoms in total. The van der Waals surface area contributed by atoms with Gasteiger partial charge in [-0.25, -0.2) is 4.98 Å². The van der Waals surface area contributed by atoms with Gasteiger partial charge in [0.1, 0.15) is 11.3 Å². The summed E-state index contributed by atoms with van der Waals surface area (Å²) in [7, 11) is 1.61. The molecule has 84 valence electrons. The number of aryl methyl sites for hydroxylation is 1. The maximum absolute atomic E-state index is 6.20. The number of hydrogen-bond acceptors (Lipinski definition) is 2. The molecule has 0 fully saturated rings. The molecule has 1 aromatic carbocycles. The summed E-state index contributed by atoms with van der Waals surface area (Å²) >= 11 is 12.3. The maximum Gasteiger partial charge on any atom is 0.145 e. The minimum atomic E-state index is 0.593. The number of hydrogen-bond donors (Lipinski definition) is 0. The van der Waals surface area contributed by atoms with Crippen LogP contribution in [0.25, 0.3) is 10.9 Å². The fraction of sp³-hybridized carbons (Fsp3) is 0.250. The zero-order valence-corrected chi connectivity index (χ0v) is 10.6. The molecular formula is C12H11Cl2NO. The predicted octanol–water partition coefficient (Wildman–Crippen LogP) is 4.11. The molecular weight excluding hydrogens is 245 g/mol. The van der Waals surface area contributed by atoms with Gasteiger partial charge in [-0.05, 0) is 24.6 Å². The molecule has 0 amide bonds. The molecule has 0 aliphatic rings. The fourth-order valence-corrected chi connectivity index (χ4v) is 2.25. The van der Waals surface area contributed by atoms with Crippen molar-refractivity contribution in [2.45, 2.75) is 13.3 Å². The molecule has 0 unspecified atom stereocenters. The Balaban J connectivity index is 2.87. The Labute approximate surface area is 104 Å². The van der Waals surface area contributed by atoms with Crippen molar-refractivity contribution < 1.29 is 4.74 Å². The summed E-state index contributed by atoms with van der Waals surface area (Å²) in [6, 6.07) is 5.41. The van der Waals surface area contributed by atoms with Crippen molar-refractivity contribution in [2.24, 2.45) is 0 Å². The van der Waals surface area contributed by atoms with Crippen LogP contribution in [0.3, 0.4) is 0 Å². The van der Waals surface area contributed by atoms with Crippen molar-refractivity contribution in [2.75, 3.05) is 7.11 Å². The summed E-state index contributed by atoms with van der Waals surface area (Å²) in [6.45, 7) is 2.03. The van der Waals surface area contributed by atoms with Crippen LogP contribution in [0.4, 0.5) is 0 Å². The molecule has 0 N–H and O–H groups in total. The summed E-state index contributed by atoms with van der Waals surface area (Å²) in [5.74, 6) is 0.691. The van der Waals surface area contributed by atoms with Gasteiger partial charge in [-0.2, -0.15) is 0 Å². The highest BCUT2D eigenvalue weighted by Crippen LogP contribution is 2.35. The van der Waals surface area contributed by atoms with Crippen LogP contribution in [0.15, 0.2) is 18.2 Å². The number of methoxy groups -OCH3 is 1. The molecule has 2 aromatic rings. The molecule has 0 aliphatic carbocycles. The lowest BCUT2D eigenvalue weighted by Gasteiger charge is -2.09. The number of halogens is 2. The van der Waals surface area contributed by atoms with E-state index < -0.39 is 0 Å². The minimum absolute atomic E-state index is 0.593. The van der Waals surface area contributed by atoms with E-state index in [1.165, 1.54) is 0 Å². The third-order valence-corrected chi connectivity index (χ3v) is 3.07. The normalized spacial score (nSPS) is 10.8. The summed E-state index contributed by atoms with van der Waals surface area (Å²) < 4.78 is 5.26. The Morgan fingerprint density at radius 1 is 1.25 bits per heavy atom. The van der Waals surface area contributed by atoms with Crippen LogP contribution < -0.4 is 4.74 Å². The largest absolute Gasteiger partial charge is 0.494 e. The van der Waals surface area contributed by atoms with Crippen molar-refractivity contribution in [1.82, 2.24) is 4.98 Å². The third kappa shape index (κ3) is 1.83. The molecule has 2 rings (SSSR count). The van der Waals surface area contributed by atoms with Gasteiger partial charge < -0.3 is 4.74 Å². The third-order valence-electron chi connectivity index (χ3n) is 2.46. The van der Waals surface area contributed by atoms with Crippen LogP contribution in [0.5, 0.6) is 5.75 Å². The van der Waals surface area contributed by atoms with Crippen molar-refractivity contribution in [1.29, 1.82) is 0 Å². The number of pyridine rings is 1. The molecule has 0 saturated carbocycles. The second-order valence-corrected chi connectivity index (χ2v) is 4.24. The first kappa shape index (κ1) is 11.5. The molecule has 16 heavy (non-hydrogen) atoms. The highest BCUT2D eigenvalue weighted by Gasteiger charge is 2.11. The van der Waals surface area contributed by atoms with E-state index in [-0.39, 0.29) is 0 Å². The molecule has 0 spiro atoms. The fourth-order valence-electron chi connectivity index (χ4n) is 1.63. The Kier molecular flexibility index (Phi) is 3.22. The van der Waals surface area contributed by atoms with Gasteiger partial charge in [0, 0.05) is 11.1 Å². The van der Waals surface area contributed by atoms with Crippen molar-refractivity contribution in [3.63, 3.8) is 0 Å². The number of fused-ring (bicyclic) bond motifs is 1. The van der Waals surface area contributed by atoms with E-state index in [2.05, 4.69) is 4.98 Å². The van der Waals surface area contributed by atoms with Crippen LogP contribution in [-0.4, -0.2) is 12.1 Å². The highest BCUT2D eigenvalue weighted by atomic mass is 35.5. The van der Waals surface area contributed by atoms with E-state index >= 15 is 0 Å².